The summed E-state index contributed by atoms with van der Waals surface area (Å²) in [5.74, 6) is 0. The minimum atomic E-state index is -0.245. The van der Waals surface area contributed by atoms with Crippen LogP contribution in [0.3, 0.4) is 0 Å². The first-order chi connectivity index (χ1) is 16.3. The van der Waals surface area contributed by atoms with Crippen molar-refractivity contribution in [3.8, 4) is 0 Å². The van der Waals surface area contributed by atoms with Crippen LogP contribution in [-0.2, 0) is 25.0 Å². The Morgan fingerprint density at radius 3 is 1.76 bits per heavy atom. The lowest BCUT2D eigenvalue weighted by molar-refractivity contribution is 0.365. The van der Waals surface area contributed by atoms with E-state index < -0.39 is 0 Å². The maximum Gasteiger partial charge on any atom is 0.494 e. The SMILES string of the molecule is CCCCCCCCc1c(C)c2cc(B3OCCO3)ccc2c2ccc(B3OCCO3)cc12. The number of unbranched alkanes of at least 4 members (excludes halogenated alkanes) is 5. The van der Waals surface area contributed by atoms with E-state index in [2.05, 4.69) is 50.2 Å². The smallest absolute Gasteiger partial charge is 0.405 e. The molecule has 3 aromatic carbocycles. The third-order valence-electron chi connectivity index (χ3n) is 7.13. The fraction of sp³-hybridized carbons (Fsp3) is 0.481. The summed E-state index contributed by atoms with van der Waals surface area (Å²) in [5.41, 5.74) is 5.05. The highest BCUT2D eigenvalue weighted by molar-refractivity contribution is 6.62. The lowest BCUT2D eigenvalue weighted by Crippen LogP contribution is -2.32. The van der Waals surface area contributed by atoms with Crippen LogP contribution in [0.4, 0.5) is 0 Å². The molecule has 172 valence electrons. The van der Waals surface area contributed by atoms with Gasteiger partial charge in [0.1, 0.15) is 0 Å². The van der Waals surface area contributed by atoms with Crippen LogP contribution >= 0.6 is 0 Å². The number of hydrogen-bond donors (Lipinski definition) is 0. The van der Waals surface area contributed by atoms with Crippen molar-refractivity contribution in [1.82, 2.24) is 0 Å². The van der Waals surface area contributed by atoms with Gasteiger partial charge in [-0.25, -0.2) is 0 Å². The quantitative estimate of drug-likeness (QED) is 0.273. The van der Waals surface area contributed by atoms with Crippen LogP contribution in [-0.4, -0.2) is 40.7 Å². The van der Waals surface area contributed by atoms with E-state index in [1.807, 2.05) is 0 Å². The van der Waals surface area contributed by atoms with Crippen molar-refractivity contribution in [1.29, 1.82) is 0 Å². The van der Waals surface area contributed by atoms with Crippen molar-refractivity contribution in [2.24, 2.45) is 0 Å². The third-order valence-corrected chi connectivity index (χ3v) is 7.13. The first kappa shape index (κ1) is 22.9. The first-order valence-electron chi connectivity index (χ1n) is 12.7. The van der Waals surface area contributed by atoms with Gasteiger partial charge in [0.15, 0.2) is 0 Å². The molecule has 0 bridgehead atoms. The molecule has 2 aliphatic rings. The van der Waals surface area contributed by atoms with Gasteiger partial charge in [-0.3, -0.25) is 0 Å². The van der Waals surface area contributed by atoms with Gasteiger partial charge in [-0.05, 0) is 63.4 Å². The summed E-state index contributed by atoms with van der Waals surface area (Å²) >= 11 is 0. The number of benzene rings is 3. The Morgan fingerprint density at radius 2 is 1.15 bits per heavy atom. The molecule has 2 fully saturated rings. The maximum atomic E-state index is 5.80. The van der Waals surface area contributed by atoms with Crippen LogP contribution < -0.4 is 10.9 Å². The predicted octanol–water partition coefficient (Wildman–Crippen LogP) is 4.69. The molecule has 2 heterocycles. The fourth-order valence-corrected chi connectivity index (χ4v) is 5.32. The normalized spacial score (nSPS) is 16.5. The Morgan fingerprint density at radius 1 is 0.636 bits per heavy atom. The average Bonchev–Trinajstić information content (AvgIpc) is 3.57. The molecule has 0 atom stereocenters. The van der Waals surface area contributed by atoms with Crippen LogP contribution in [0.5, 0.6) is 0 Å². The van der Waals surface area contributed by atoms with E-state index in [0.29, 0.717) is 26.4 Å². The molecule has 0 aliphatic carbocycles. The standard InChI is InChI=1S/C27H34B2O4/c1-3-4-5-6-7-8-9-23-20(2)26-18-21(28-30-14-15-31-28)10-12-24(26)25-13-11-22(19-27(23)25)29-32-16-17-33-29/h10-13,18-19H,3-9,14-17H2,1-2H3. The summed E-state index contributed by atoms with van der Waals surface area (Å²) < 4.78 is 23.2. The van der Waals surface area contributed by atoms with Gasteiger partial charge < -0.3 is 18.6 Å². The molecule has 3 aromatic rings. The summed E-state index contributed by atoms with van der Waals surface area (Å²) in [6.45, 7) is 7.21. The molecule has 0 spiro atoms. The summed E-state index contributed by atoms with van der Waals surface area (Å²) in [6, 6.07) is 13.4. The Hall–Kier alpha value is -1.85. The molecular formula is C27H34B2O4. The third kappa shape index (κ3) is 4.85. The number of fused-ring (bicyclic) bond motifs is 3. The van der Waals surface area contributed by atoms with Crippen molar-refractivity contribution in [2.75, 3.05) is 26.4 Å². The van der Waals surface area contributed by atoms with E-state index in [9.17, 15) is 0 Å². The van der Waals surface area contributed by atoms with Crippen molar-refractivity contribution < 1.29 is 18.6 Å². The Kier molecular flexibility index (Phi) is 7.37. The summed E-state index contributed by atoms with van der Waals surface area (Å²) in [6.07, 6.45) is 8.92. The summed E-state index contributed by atoms with van der Waals surface area (Å²) in [4.78, 5) is 0. The van der Waals surface area contributed by atoms with E-state index >= 15 is 0 Å². The van der Waals surface area contributed by atoms with Crippen LogP contribution in [0.1, 0.15) is 56.6 Å². The predicted molar refractivity (Wildman–Crippen MR) is 138 cm³/mol. The van der Waals surface area contributed by atoms with Crippen molar-refractivity contribution in [3.05, 3.63) is 47.5 Å². The van der Waals surface area contributed by atoms with Gasteiger partial charge in [0, 0.05) is 0 Å². The van der Waals surface area contributed by atoms with Crippen LogP contribution in [0.2, 0.25) is 0 Å². The molecule has 2 saturated heterocycles. The average molecular weight is 444 g/mol. The molecule has 0 N–H and O–H groups in total. The van der Waals surface area contributed by atoms with E-state index in [1.165, 1.54) is 71.2 Å². The number of aryl methyl sites for hydroxylation is 2. The zero-order valence-corrected chi connectivity index (χ0v) is 20.0. The van der Waals surface area contributed by atoms with Gasteiger partial charge in [-0.2, -0.15) is 0 Å². The van der Waals surface area contributed by atoms with Gasteiger partial charge in [-0.15, -0.1) is 0 Å². The highest BCUT2D eigenvalue weighted by atomic mass is 16.6. The Balaban J connectivity index is 1.54. The summed E-state index contributed by atoms with van der Waals surface area (Å²) in [5, 5.41) is 5.24. The molecule has 2 aliphatic heterocycles. The highest BCUT2D eigenvalue weighted by Crippen LogP contribution is 2.33. The van der Waals surface area contributed by atoms with Crippen molar-refractivity contribution in [3.63, 3.8) is 0 Å². The van der Waals surface area contributed by atoms with E-state index in [4.69, 9.17) is 18.6 Å². The van der Waals surface area contributed by atoms with Crippen molar-refractivity contribution >= 4 is 46.7 Å². The Labute approximate surface area is 198 Å². The Bertz CT molecular complexity index is 1100. The first-order valence-corrected chi connectivity index (χ1v) is 12.7. The second kappa shape index (κ2) is 10.6. The molecule has 0 radical (unpaired) electrons. The lowest BCUT2D eigenvalue weighted by Gasteiger charge is -2.18. The molecule has 0 unspecified atom stereocenters. The van der Waals surface area contributed by atoms with Crippen LogP contribution in [0.15, 0.2) is 36.4 Å². The molecule has 5 rings (SSSR count). The molecule has 6 heteroatoms. The monoisotopic (exact) mass is 444 g/mol. The zero-order chi connectivity index (χ0) is 22.6. The minimum Gasteiger partial charge on any atom is -0.405 e. The summed E-state index contributed by atoms with van der Waals surface area (Å²) in [7, 11) is -0.489. The zero-order valence-electron chi connectivity index (χ0n) is 20.0. The number of rotatable bonds is 9. The molecule has 0 saturated carbocycles. The van der Waals surface area contributed by atoms with Crippen molar-refractivity contribution in [2.45, 2.75) is 58.8 Å². The molecule has 0 amide bonds. The highest BCUT2D eigenvalue weighted by Gasteiger charge is 2.28. The van der Waals surface area contributed by atoms with Gasteiger partial charge in [0.2, 0.25) is 0 Å². The van der Waals surface area contributed by atoms with E-state index in [0.717, 1.165) is 17.3 Å². The molecular weight excluding hydrogens is 410 g/mol. The minimum absolute atomic E-state index is 0.244. The van der Waals surface area contributed by atoms with Crippen LogP contribution in [0.25, 0.3) is 21.5 Å². The van der Waals surface area contributed by atoms with Gasteiger partial charge in [0.25, 0.3) is 0 Å². The largest absolute Gasteiger partial charge is 0.494 e. The maximum absolute atomic E-state index is 5.80. The molecule has 4 nitrogen and oxygen atoms in total. The lowest BCUT2D eigenvalue weighted by atomic mass is 9.75. The van der Waals surface area contributed by atoms with Gasteiger partial charge in [0.05, 0.1) is 26.4 Å². The fourth-order valence-electron chi connectivity index (χ4n) is 5.32. The van der Waals surface area contributed by atoms with Gasteiger partial charge in [-0.1, -0.05) is 75.4 Å². The van der Waals surface area contributed by atoms with Crippen LogP contribution in [0, 0.1) is 6.92 Å². The molecule has 33 heavy (non-hydrogen) atoms. The molecule has 0 aromatic heterocycles. The number of hydrogen-bond acceptors (Lipinski definition) is 4. The van der Waals surface area contributed by atoms with E-state index in [1.54, 1.807) is 0 Å². The van der Waals surface area contributed by atoms with Gasteiger partial charge >= 0.3 is 14.2 Å². The van der Waals surface area contributed by atoms with E-state index in [-0.39, 0.29) is 14.2 Å². The topological polar surface area (TPSA) is 36.9 Å². The second-order valence-electron chi connectivity index (χ2n) is 9.38. The second-order valence-corrected chi connectivity index (χ2v) is 9.38.